The third-order valence-corrected chi connectivity index (χ3v) is 5.89. The Bertz CT molecular complexity index is 1140. The molecule has 0 saturated carbocycles. The molecule has 2 aromatic carbocycles. The van der Waals surface area contributed by atoms with Gasteiger partial charge < -0.3 is 19.1 Å². The largest absolute Gasteiger partial charge is 0.465 e. The summed E-state index contributed by atoms with van der Waals surface area (Å²) in [5.74, 6) is -1.36. The Morgan fingerprint density at radius 3 is 2.28 bits per heavy atom. The number of benzene rings is 2. The van der Waals surface area contributed by atoms with E-state index in [0.717, 1.165) is 23.2 Å². The number of carbonyl (C=O) groups is 2. The fraction of sp³-hybridized carbons (Fsp3) is 0.261. The second-order valence-corrected chi connectivity index (χ2v) is 7.92. The van der Waals surface area contributed by atoms with Gasteiger partial charge >= 0.3 is 11.9 Å². The highest BCUT2D eigenvalue weighted by atomic mass is 79.9. The topological polar surface area (TPSA) is 82.9 Å². The minimum Gasteiger partial charge on any atom is -0.465 e. The van der Waals surface area contributed by atoms with Gasteiger partial charge in [0.25, 0.3) is 0 Å². The van der Waals surface area contributed by atoms with Crippen LogP contribution >= 0.6 is 15.9 Å². The first-order valence-corrected chi connectivity index (χ1v) is 10.8. The smallest absolute Gasteiger partial charge is 0.357 e. The van der Waals surface area contributed by atoms with Gasteiger partial charge in [-0.05, 0) is 30.3 Å². The molecule has 1 fully saturated rings. The van der Waals surface area contributed by atoms with E-state index >= 15 is 0 Å². The van der Waals surface area contributed by atoms with Crippen LogP contribution in [-0.2, 0) is 14.2 Å². The average Bonchev–Trinajstić information content (AvgIpc) is 3.24. The molecule has 1 aliphatic heterocycles. The molecule has 9 heteroatoms. The van der Waals surface area contributed by atoms with Crippen molar-refractivity contribution in [3.05, 3.63) is 64.3 Å². The molecule has 1 aromatic heterocycles. The van der Waals surface area contributed by atoms with Crippen LogP contribution in [0.4, 0.5) is 5.69 Å². The van der Waals surface area contributed by atoms with E-state index in [1.165, 1.54) is 18.9 Å². The van der Waals surface area contributed by atoms with Crippen LogP contribution in [0.3, 0.4) is 0 Å². The Morgan fingerprint density at radius 1 is 0.969 bits per heavy atom. The van der Waals surface area contributed by atoms with Gasteiger partial charge in [-0.2, -0.15) is 5.10 Å². The van der Waals surface area contributed by atoms with E-state index in [9.17, 15) is 9.59 Å². The summed E-state index contributed by atoms with van der Waals surface area (Å²) in [4.78, 5) is 27.7. The monoisotopic (exact) mass is 499 g/mol. The number of hydrogen-bond acceptors (Lipinski definition) is 7. The van der Waals surface area contributed by atoms with Gasteiger partial charge in [0.05, 0.1) is 33.1 Å². The number of anilines is 1. The summed E-state index contributed by atoms with van der Waals surface area (Å²) in [5, 5.41) is 4.64. The molecule has 8 nitrogen and oxygen atoms in total. The van der Waals surface area contributed by atoms with Crippen molar-refractivity contribution in [2.24, 2.45) is 0 Å². The molecule has 3 aromatic rings. The molecule has 0 bridgehead atoms. The van der Waals surface area contributed by atoms with Crippen LogP contribution in [0.15, 0.2) is 53.0 Å². The molecule has 0 amide bonds. The van der Waals surface area contributed by atoms with Crippen molar-refractivity contribution in [3.8, 4) is 16.9 Å². The molecule has 0 radical (unpaired) electrons. The summed E-state index contributed by atoms with van der Waals surface area (Å²) in [6.07, 6.45) is 0. The number of nitrogens with zero attached hydrogens (tertiary/aromatic N) is 3. The molecule has 4 rings (SSSR count). The highest BCUT2D eigenvalue weighted by Gasteiger charge is 2.32. The average molecular weight is 500 g/mol. The van der Waals surface area contributed by atoms with E-state index in [4.69, 9.17) is 14.2 Å². The maximum Gasteiger partial charge on any atom is 0.357 e. The number of halogens is 1. The highest BCUT2D eigenvalue weighted by Crippen LogP contribution is 2.36. The maximum absolute atomic E-state index is 12.8. The van der Waals surface area contributed by atoms with E-state index in [-0.39, 0.29) is 11.3 Å². The summed E-state index contributed by atoms with van der Waals surface area (Å²) in [5.41, 5.74) is 2.67. The molecular formula is C23H22BrN3O5. The van der Waals surface area contributed by atoms with Crippen LogP contribution in [0.1, 0.15) is 20.8 Å². The number of para-hydroxylation sites is 1. The van der Waals surface area contributed by atoms with Crippen LogP contribution in [0.2, 0.25) is 0 Å². The lowest BCUT2D eigenvalue weighted by Gasteiger charge is -2.29. The standard InChI is InChI=1S/C23H22BrN3O5/c1-30-22(28)19-20(17-9-8-16(14-18(17)24)26-10-12-32-13-11-26)25-27(21(19)23(29)31-2)15-6-4-3-5-7-15/h3-9,14H,10-13H2,1-2H3. The SMILES string of the molecule is COC(=O)c1c(-c2ccc(N3CCOCC3)cc2Br)nn(-c2ccccc2)c1C(=O)OC. The Balaban J connectivity index is 1.89. The molecule has 2 heterocycles. The fourth-order valence-corrected chi connectivity index (χ4v) is 4.21. The summed E-state index contributed by atoms with van der Waals surface area (Å²) in [7, 11) is 2.53. The lowest BCUT2D eigenvalue weighted by atomic mass is 10.0. The summed E-state index contributed by atoms with van der Waals surface area (Å²) in [6, 6.07) is 14.9. The van der Waals surface area contributed by atoms with Crippen molar-refractivity contribution in [3.63, 3.8) is 0 Å². The Labute approximate surface area is 193 Å². The van der Waals surface area contributed by atoms with Crippen LogP contribution in [-0.4, -0.2) is 62.2 Å². The second kappa shape index (κ2) is 9.54. The number of aromatic nitrogens is 2. The number of hydrogen-bond donors (Lipinski definition) is 0. The van der Waals surface area contributed by atoms with Gasteiger partial charge in [0.15, 0.2) is 5.69 Å². The molecular weight excluding hydrogens is 478 g/mol. The van der Waals surface area contributed by atoms with Crippen LogP contribution in [0.25, 0.3) is 16.9 Å². The van der Waals surface area contributed by atoms with Crippen molar-refractivity contribution in [2.75, 3.05) is 45.4 Å². The molecule has 0 atom stereocenters. The number of rotatable bonds is 5. The first-order valence-electron chi connectivity index (χ1n) is 10.0. The Morgan fingerprint density at radius 2 is 1.66 bits per heavy atom. The summed E-state index contributed by atoms with van der Waals surface area (Å²) < 4.78 is 17.6. The molecule has 1 aliphatic rings. The summed E-state index contributed by atoms with van der Waals surface area (Å²) >= 11 is 3.62. The lowest BCUT2D eigenvalue weighted by Crippen LogP contribution is -2.36. The first-order chi connectivity index (χ1) is 15.5. The van der Waals surface area contributed by atoms with E-state index in [1.807, 2.05) is 36.4 Å². The normalized spacial score (nSPS) is 13.7. The fourth-order valence-electron chi connectivity index (χ4n) is 3.66. The quantitative estimate of drug-likeness (QED) is 0.494. The van der Waals surface area contributed by atoms with E-state index < -0.39 is 11.9 Å². The molecule has 32 heavy (non-hydrogen) atoms. The molecule has 0 unspecified atom stereocenters. The highest BCUT2D eigenvalue weighted by molar-refractivity contribution is 9.10. The first kappa shape index (κ1) is 22.0. The zero-order valence-electron chi connectivity index (χ0n) is 17.7. The number of esters is 2. The van der Waals surface area contributed by atoms with Gasteiger partial charge in [-0.15, -0.1) is 0 Å². The van der Waals surface area contributed by atoms with Crippen molar-refractivity contribution in [2.45, 2.75) is 0 Å². The zero-order valence-corrected chi connectivity index (χ0v) is 19.3. The Kier molecular flexibility index (Phi) is 6.57. The molecule has 0 spiro atoms. The van der Waals surface area contributed by atoms with Gasteiger partial charge in [0.1, 0.15) is 11.3 Å². The van der Waals surface area contributed by atoms with Crippen LogP contribution in [0.5, 0.6) is 0 Å². The Hall–Kier alpha value is -3.17. The molecule has 166 valence electrons. The molecule has 0 N–H and O–H groups in total. The van der Waals surface area contributed by atoms with Gasteiger partial charge in [-0.1, -0.05) is 34.1 Å². The van der Waals surface area contributed by atoms with Crippen molar-refractivity contribution < 1.29 is 23.8 Å². The third kappa shape index (κ3) is 4.13. The predicted molar refractivity (Wildman–Crippen MR) is 122 cm³/mol. The van der Waals surface area contributed by atoms with Crippen LogP contribution < -0.4 is 4.90 Å². The second-order valence-electron chi connectivity index (χ2n) is 7.07. The molecule has 1 saturated heterocycles. The van der Waals surface area contributed by atoms with Crippen molar-refractivity contribution >= 4 is 33.6 Å². The van der Waals surface area contributed by atoms with Crippen molar-refractivity contribution in [1.82, 2.24) is 9.78 Å². The number of morpholine rings is 1. The van der Waals surface area contributed by atoms with Crippen LogP contribution in [0, 0.1) is 0 Å². The van der Waals surface area contributed by atoms with Gasteiger partial charge in [-0.3, -0.25) is 0 Å². The predicted octanol–water partition coefficient (Wildman–Crippen LogP) is 3.71. The summed E-state index contributed by atoms with van der Waals surface area (Å²) in [6.45, 7) is 2.95. The van der Waals surface area contributed by atoms with E-state index in [0.29, 0.717) is 30.2 Å². The maximum atomic E-state index is 12.8. The number of carbonyl (C=O) groups excluding carboxylic acids is 2. The molecule has 0 aliphatic carbocycles. The van der Waals surface area contributed by atoms with E-state index in [2.05, 4.69) is 25.9 Å². The van der Waals surface area contributed by atoms with Gasteiger partial charge in [-0.25, -0.2) is 14.3 Å². The lowest BCUT2D eigenvalue weighted by molar-refractivity contribution is 0.0549. The van der Waals surface area contributed by atoms with Crippen molar-refractivity contribution in [1.29, 1.82) is 0 Å². The minimum absolute atomic E-state index is 0.00436. The minimum atomic E-state index is -0.686. The van der Waals surface area contributed by atoms with Gasteiger partial charge in [0.2, 0.25) is 0 Å². The van der Waals surface area contributed by atoms with Gasteiger partial charge in [0, 0.05) is 28.8 Å². The number of ether oxygens (including phenoxy) is 3. The van der Waals surface area contributed by atoms with E-state index in [1.54, 1.807) is 12.1 Å². The third-order valence-electron chi connectivity index (χ3n) is 5.24. The number of methoxy groups -OCH3 is 2. The zero-order chi connectivity index (χ0) is 22.7.